The number of amides is 2. The molecule has 2 aromatic heterocycles. The standard InChI is InChI=1S/C17H20N4O5/c1-2-25-17(24)20-9-7-19(8-10-20)16(23)12-21-15(22)6-5-13(18-21)14-4-3-11-26-14/h3-6,11H,2,7-10,12H2,1H3. The van der Waals surface area contributed by atoms with Crippen LogP contribution in [0.15, 0.2) is 39.7 Å². The Hall–Kier alpha value is -3.10. The molecular formula is C17H20N4O5. The lowest BCUT2D eigenvalue weighted by molar-refractivity contribution is -0.133. The molecule has 1 fully saturated rings. The van der Waals surface area contributed by atoms with Gasteiger partial charge in [0.05, 0.1) is 12.9 Å². The van der Waals surface area contributed by atoms with Crippen LogP contribution in [0.5, 0.6) is 0 Å². The highest BCUT2D eigenvalue weighted by atomic mass is 16.6. The zero-order valence-electron chi connectivity index (χ0n) is 14.5. The van der Waals surface area contributed by atoms with E-state index in [2.05, 4.69) is 5.10 Å². The van der Waals surface area contributed by atoms with Crippen LogP contribution in [0.4, 0.5) is 4.79 Å². The fraction of sp³-hybridized carbons (Fsp3) is 0.412. The van der Waals surface area contributed by atoms with E-state index in [1.54, 1.807) is 34.9 Å². The second kappa shape index (κ2) is 7.85. The van der Waals surface area contributed by atoms with Crippen LogP contribution >= 0.6 is 0 Å². The Morgan fingerprint density at radius 1 is 1.15 bits per heavy atom. The van der Waals surface area contributed by atoms with Gasteiger partial charge in [-0.1, -0.05) is 0 Å². The first-order valence-electron chi connectivity index (χ1n) is 8.40. The number of piperazine rings is 1. The average molecular weight is 360 g/mol. The van der Waals surface area contributed by atoms with Crippen LogP contribution < -0.4 is 5.56 Å². The van der Waals surface area contributed by atoms with Crippen molar-refractivity contribution in [3.63, 3.8) is 0 Å². The molecule has 2 aromatic rings. The van der Waals surface area contributed by atoms with Crippen LogP contribution in [0, 0.1) is 0 Å². The number of carbonyl (C=O) groups is 2. The van der Waals surface area contributed by atoms with Crippen molar-refractivity contribution in [2.75, 3.05) is 32.8 Å². The highest BCUT2D eigenvalue weighted by Crippen LogP contribution is 2.15. The van der Waals surface area contributed by atoms with Crippen molar-refractivity contribution in [1.82, 2.24) is 19.6 Å². The molecule has 0 bridgehead atoms. The first kappa shape index (κ1) is 17.7. The molecule has 0 N–H and O–H groups in total. The second-order valence-electron chi connectivity index (χ2n) is 5.76. The monoisotopic (exact) mass is 360 g/mol. The summed E-state index contributed by atoms with van der Waals surface area (Å²) in [6.45, 7) is 3.50. The van der Waals surface area contributed by atoms with Crippen molar-refractivity contribution in [2.45, 2.75) is 13.5 Å². The predicted molar refractivity (Wildman–Crippen MR) is 91.4 cm³/mol. The molecule has 9 nitrogen and oxygen atoms in total. The Morgan fingerprint density at radius 2 is 1.88 bits per heavy atom. The summed E-state index contributed by atoms with van der Waals surface area (Å²) in [5.41, 5.74) is 0.119. The zero-order chi connectivity index (χ0) is 18.5. The number of nitrogens with zero attached hydrogens (tertiary/aromatic N) is 4. The lowest BCUT2D eigenvalue weighted by Gasteiger charge is -2.34. The van der Waals surface area contributed by atoms with Gasteiger partial charge in [-0.25, -0.2) is 9.48 Å². The topological polar surface area (TPSA) is 97.9 Å². The van der Waals surface area contributed by atoms with E-state index in [-0.39, 0.29) is 24.1 Å². The SMILES string of the molecule is CCOC(=O)N1CCN(C(=O)Cn2nc(-c3ccco3)ccc2=O)CC1. The summed E-state index contributed by atoms with van der Waals surface area (Å²) in [6, 6.07) is 6.37. The van der Waals surface area contributed by atoms with Crippen molar-refractivity contribution in [3.05, 3.63) is 40.9 Å². The van der Waals surface area contributed by atoms with E-state index in [9.17, 15) is 14.4 Å². The van der Waals surface area contributed by atoms with Gasteiger partial charge >= 0.3 is 6.09 Å². The molecule has 1 aliphatic rings. The third-order valence-corrected chi connectivity index (χ3v) is 4.08. The first-order valence-corrected chi connectivity index (χ1v) is 8.40. The molecule has 9 heteroatoms. The molecule has 2 amide bonds. The highest BCUT2D eigenvalue weighted by Gasteiger charge is 2.25. The maximum Gasteiger partial charge on any atom is 0.409 e. The summed E-state index contributed by atoms with van der Waals surface area (Å²) < 4.78 is 11.3. The van der Waals surface area contributed by atoms with Gasteiger partial charge in [0.1, 0.15) is 12.2 Å². The van der Waals surface area contributed by atoms with Gasteiger partial charge in [0.25, 0.3) is 5.56 Å². The molecule has 0 aromatic carbocycles. The summed E-state index contributed by atoms with van der Waals surface area (Å²) in [4.78, 5) is 39.4. The quantitative estimate of drug-likeness (QED) is 0.800. The van der Waals surface area contributed by atoms with Crippen LogP contribution in [0.3, 0.4) is 0 Å². The van der Waals surface area contributed by atoms with Crippen molar-refractivity contribution in [3.8, 4) is 11.5 Å². The minimum atomic E-state index is -0.372. The van der Waals surface area contributed by atoms with Gasteiger partial charge in [0.2, 0.25) is 5.91 Å². The van der Waals surface area contributed by atoms with Crippen molar-refractivity contribution < 1.29 is 18.7 Å². The van der Waals surface area contributed by atoms with E-state index < -0.39 is 0 Å². The number of rotatable bonds is 4. The Bertz CT molecular complexity index is 822. The molecule has 0 atom stereocenters. The van der Waals surface area contributed by atoms with E-state index >= 15 is 0 Å². The molecule has 1 saturated heterocycles. The number of ether oxygens (including phenoxy) is 1. The van der Waals surface area contributed by atoms with Crippen LogP contribution in [-0.4, -0.2) is 64.4 Å². The highest BCUT2D eigenvalue weighted by molar-refractivity contribution is 5.76. The Labute approximate surface area is 149 Å². The molecule has 0 aliphatic carbocycles. The summed E-state index contributed by atoms with van der Waals surface area (Å²) in [5.74, 6) is 0.300. The number of hydrogen-bond acceptors (Lipinski definition) is 6. The van der Waals surface area contributed by atoms with Crippen LogP contribution in [-0.2, 0) is 16.1 Å². The van der Waals surface area contributed by atoms with Crippen LogP contribution in [0.2, 0.25) is 0 Å². The minimum absolute atomic E-state index is 0.160. The van der Waals surface area contributed by atoms with Gasteiger partial charge in [-0.05, 0) is 25.1 Å². The lowest BCUT2D eigenvalue weighted by Crippen LogP contribution is -2.51. The number of aromatic nitrogens is 2. The van der Waals surface area contributed by atoms with Crippen LogP contribution in [0.25, 0.3) is 11.5 Å². The maximum absolute atomic E-state index is 12.5. The van der Waals surface area contributed by atoms with Gasteiger partial charge in [-0.2, -0.15) is 5.10 Å². The van der Waals surface area contributed by atoms with Gasteiger partial charge < -0.3 is 19.0 Å². The fourth-order valence-electron chi connectivity index (χ4n) is 2.70. The number of furan rings is 1. The van der Waals surface area contributed by atoms with Crippen molar-refractivity contribution in [2.24, 2.45) is 0 Å². The molecule has 0 spiro atoms. The maximum atomic E-state index is 12.5. The Morgan fingerprint density at radius 3 is 2.54 bits per heavy atom. The van der Waals surface area contributed by atoms with Gasteiger partial charge in [-0.15, -0.1) is 0 Å². The average Bonchev–Trinajstić information content (AvgIpc) is 3.18. The summed E-state index contributed by atoms with van der Waals surface area (Å²) in [7, 11) is 0. The molecule has 0 saturated carbocycles. The molecule has 3 heterocycles. The molecule has 0 unspecified atom stereocenters. The Kier molecular flexibility index (Phi) is 5.35. The van der Waals surface area contributed by atoms with E-state index in [1.165, 1.54) is 12.3 Å². The molecular weight excluding hydrogens is 340 g/mol. The summed E-state index contributed by atoms with van der Waals surface area (Å²) in [6.07, 6.45) is 1.14. The van der Waals surface area contributed by atoms with Gasteiger partial charge in [0, 0.05) is 32.2 Å². The number of hydrogen-bond donors (Lipinski definition) is 0. The minimum Gasteiger partial charge on any atom is -0.463 e. The summed E-state index contributed by atoms with van der Waals surface area (Å²) >= 11 is 0. The van der Waals surface area contributed by atoms with Crippen molar-refractivity contribution >= 4 is 12.0 Å². The zero-order valence-corrected chi connectivity index (χ0v) is 14.5. The van der Waals surface area contributed by atoms with Gasteiger partial charge in [0.15, 0.2) is 5.76 Å². The molecule has 138 valence electrons. The van der Waals surface area contributed by atoms with E-state index in [0.29, 0.717) is 44.2 Å². The second-order valence-corrected chi connectivity index (χ2v) is 5.76. The van der Waals surface area contributed by atoms with Crippen LogP contribution in [0.1, 0.15) is 6.92 Å². The van der Waals surface area contributed by atoms with E-state index in [4.69, 9.17) is 9.15 Å². The molecule has 1 aliphatic heterocycles. The largest absolute Gasteiger partial charge is 0.463 e. The predicted octanol–water partition coefficient (Wildman–Crippen LogP) is 0.804. The van der Waals surface area contributed by atoms with E-state index in [1.807, 2.05) is 0 Å². The van der Waals surface area contributed by atoms with Gasteiger partial charge in [-0.3, -0.25) is 9.59 Å². The summed E-state index contributed by atoms with van der Waals surface area (Å²) in [5, 5.41) is 4.20. The number of carbonyl (C=O) groups excluding carboxylic acids is 2. The van der Waals surface area contributed by atoms with Crippen molar-refractivity contribution in [1.29, 1.82) is 0 Å². The normalized spacial score (nSPS) is 14.3. The van der Waals surface area contributed by atoms with E-state index in [0.717, 1.165) is 4.68 Å². The smallest absolute Gasteiger partial charge is 0.409 e. The molecule has 3 rings (SSSR count). The molecule has 26 heavy (non-hydrogen) atoms. The third kappa shape index (κ3) is 3.93. The fourth-order valence-corrected chi connectivity index (χ4v) is 2.70. The Balaban J connectivity index is 1.63. The first-order chi connectivity index (χ1) is 12.6. The third-order valence-electron chi connectivity index (χ3n) is 4.08. The molecule has 0 radical (unpaired) electrons. The lowest BCUT2D eigenvalue weighted by atomic mass is 10.3.